The van der Waals surface area contributed by atoms with Crippen molar-refractivity contribution in [1.29, 1.82) is 0 Å². The standard InChI is InChI=1S/C21H29N5O3S/c1-16-5-3-9-24(12-16)21(27)19-14-25(15-23-19)20-8-7-18(11-22-20)30(28,29)26-10-4-6-17(2)13-26/h7-8,11,14-17H,3-6,9-10,12-13H2,1-2H3/t16-,17-/m0/s1. The summed E-state index contributed by atoms with van der Waals surface area (Å²) in [5.41, 5.74) is 0.380. The van der Waals surface area contributed by atoms with Crippen molar-refractivity contribution >= 4 is 15.9 Å². The predicted molar refractivity (Wildman–Crippen MR) is 113 cm³/mol. The van der Waals surface area contributed by atoms with Gasteiger partial charge in [0, 0.05) is 38.6 Å². The molecule has 9 heteroatoms. The normalized spacial score (nSPS) is 23.5. The van der Waals surface area contributed by atoms with Crippen LogP contribution in [0.5, 0.6) is 0 Å². The summed E-state index contributed by atoms with van der Waals surface area (Å²) in [5, 5.41) is 0. The van der Waals surface area contributed by atoms with Gasteiger partial charge >= 0.3 is 0 Å². The second-order valence-corrected chi connectivity index (χ2v) is 10.6. The first-order chi connectivity index (χ1) is 14.3. The Balaban J connectivity index is 1.49. The molecule has 30 heavy (non-hydrogen) atoms. The Kier molecular flexibility index (Phi) is 5.92. The van der Waals surface area contributed by atoms with Crippen molar-refractivity contribution in [2.75, 3.05) is 26.2 Å². The monoisotopic (exact) mass is 431 g/mol. The molecule has 2 saturated heterocycles. The van der Waals surface area contributed by atoms with Gasteiger partial charge in [0.1, 0.15) is 22.7 Å². The average molecular weight is 432 g/mol. The highest BCUT2D eigenvalue weighted by atomic mass is 32.2. The SMILES string of the molecule is C[C@H]1CCCN(C(=O)c2cn(-c3ccc(S(=O)(=O)N4CCC[C@H](C)C4)cn3)cn2)C1. The lowest BCUT2D eigenvalue weighted by atomic mass is 10.0. The van der Waals surface area contributed by atoms with Gasteiger partial charge in [-0.3, -0.25) is 9.36 Å². The van der Waals surface area contributed by atoms with Gasteiger partial charge in [-0.1, -0.05) is 13.8 Å². The van der Waals surface area contributed by atoms with E-state index in [0.29, 0.717) is 36.4 Å². The lowest BCUT2D eigenvalue weighted by Gasteiger charge is -2.30. The molecule has 1 amide bonds. The van der Waals surface area contributed by atoms with Crippen molar-refractivity contribution in [2.45, 2.75) is 44.4 Å². The minimum Gasteiger partial charge on any atom is -0.337 e. The third-order valence-corrected chi connectivity index (χ3v) is 7.84. The van der Waals surface area contributed by atoms with Gasteiger partial charge in [-0.15, -0.1) is 0 Å². The Morgan fingerprint density at radius 2 is 1.77 bits per heavy atom. The second-order valence-electron chi connectivity index (χ2n) is 8.63. The number of hydrogen-bond acceptors (Lipinski definition) is 5. The van der Waals surface area contributed by atoms with Gasteiger partial charge in [-0.2, -0.15) is 4.31 Å². The Hall–Kier alpha value is -2.26. The zero-order valence-electron chi connectivity index (χ0n) is 17.6. The molecule has 2 aromatic heterocycles. The largest absolute Gasteiger partial charge is 0.337 e. The lowest BCUT2D eigenvalue weighted by molar-refractivity contribution is 0.0677. The summed E-state index contributed by atoms with van der Waals surface area (Å²) in [6, 6.07) is 3.23. The van der Waals surface area contributed by atoms with Crippen LogP contribution < -0.4 is 0 Å². The minimum absolute atomic E-state index is 0.0706. The Morgan fingerprint density at radius 1 is 1.03 bits per heavy atom. The zero-order valence-corrected chi connectivity index (χ0v) is 18.4. The van der Waals surface area contributed by atoms with E-state index in [-0.39, 0.29) is 10.8 Å². The third kappa shape index (κ3) is 4.27. The van der Waals surface area contributed by atoms with Crippen LogP contribution in [0.4, 0.5) is 0 Å². The van der Waals surface area contributed by atoms with Gasteiger partial charge in [-0.25, -0.2) is 18.4 Å². The molecule has 8 nitrogen and oxygen atoms in total. The van der Waals surface area contributed by atoms with Crippen molar-refractivity contribution in [2.24, 2.45) is 11.8 Å². The maximum absolute atomic E-state index is 12.9. The molecule has 0 saturated carbocycles. The molecule has 2 atom stereocenters. The number of piperidine rings is 2. The van der Waals surface area contributed by atoms with Crippen LogP contribution in [0.3, 0.4) is 0 Å². The van der Waals surface area contributed by atoms with E-state index in [2.05, 4.69) is 23.8 Å². The molecule has 0 aliphatic carbocycles. The van der Waals surface area contributed by atoms with Crippen LogP contribution in [0.1, 0.15) is 50.0 Å². The van der Waals surface area contributed by atoms with Crippen LogP contribution in [0.2, 0.25) is 0 Å². The number of carbonyl (C=O) groups excluding carboxylic acids is 1. The predicted octanol–water partition coefficient (Wildman–Crippen LogP) is 2.56. The number of pyridine rings is 1. The number of likely N-dealkylation sites (tertiary alicyclic amines) is 1. The lowest BCUT2D eigenvalue weighted by Crippen LogP contribution is -2.39. The van der Waals surface area contributed by atoms with Crippen LogP contribution in [0.15, 0.2) is 35.7 Å². The van der Waals surface area contributed by atoms with E-state index in [1.807, 2.05) is 4.90 Å². The number of aromatic nitrogens is 3. The first-order valence-corrected chi connectivity index (χ1v) is 12.1. The summed E-state index contributed by atoms with van der Waals surface area (Å²) in [6.07, 6.45) is 8.69. The molecule has 0 N–H and O–H groups in total. The van der Waals surface area contributed by atoms with Crippen LogP contribution >= 0.6 is 0 Å². The van der Waals surface area contributed by atoms with E-state index < -0.39 is 10.0 Å². The summed E-state index contributed by atoms with van der Waals surface area (Å²) >= 11 is 0. The molecule has 4 heterocycles. The molecule has 2 aliphatic heterocycles. The van der Waals surface area contributed by atoms with Gasteiger partial charge < -0.3 is 4.90 Å². The average Bonchev–Trinajstić information content (AvgIpc) is 3.23. The highest BCUT2D eigenvalue weighted by Crippen LogP contribution is 2.23. The molecule has 2 aliphatic rings. The molecular weight excluding hydrogens is 402 g/mol. The fourth-order valence-corrected chi connectivity index (χ4v) is 5.83. The highest BCUT2D eigenvalue weighted by molar-refractivity contribution is 7.89. The van der Waals surface area contributed by atoms with Crippen molar-refractivity contribution in [3.8, 4) is 5.82 Å². The summed E-state index contributed by atoms with van der Waals surface area (Å²) in [5.74, 6) is 1.33. The maximum Gasteiger partial charge on any atom is 0.274 e. The number of sulfonamides is 1. The number of rotatable bonds is 4. The number of hydrogen-bond donors (Lipinski definition) is 0. The van der Waals surface area contributed by atoms with Crippen LogP contribution in [-0.2, 0) is 10.0 Å². The molecular formula is C21H29N5O3S. The first kappa shape index (κ1) is 21.0. The Morgan fingerprint density at radius 3 is 2.43 bits per heavy atom. The second kappa shape index (κ2) is 8.47. The van der Waals surface area contributed by atoms with E-state index >= 15 is 0 Å². The number of carbonyl (C=O) groups is 1. The molecule has 2 fully saturated rings. The Bertz CT molecular complexity index is 1000. The molecule has 162 valence electrons. The fraction of sp³-hybridized carbons (Fsp3) is 0.571. The van der Waals surface area contributed by atoms with Crippen LogP contribution in [0.25, 0.3) is 5.82 Å². The minimum atomic E-state index is -3.54. The summed E-state index contributed by atoms with van der Waals surface area (Å²) in [4.78, 5) is 23.3. The topological polar surface area (TPSA) is 88.4 Å². The van der Waals surface area contributed by atoms with Crippen LogP contribution in [0, 0.1) is 11.8 Å². The Labute approximate surface area is 178 Å². The number of imidazole rings is 1. The van der Waals surface area contributed by atoms with E-state index in [1.165, 1.54) is 6.20 Å². The van der Waals surface area contributed by atoms with Gasteiger partial charge in [0.15, 0.2) is 0 Å². The molecule has 0 radical (unpaired) electrons. The molecule has 0 bridgehead atoms. The van der Waals surface area contributed by atoms with Gasteiger partial charge in [0.25, 0.3) is 5.91 Å². The van der Waals surface area contributed by atoms with E-state index in [0.717, 1.165) is 38.8 Å². The zero-order chi connectivity index (χ0) is 21.3. The third-order valence-electron chi connectivity index (χ3n) is 5.99. The molecule has 2 aromatic rings. The molecule has 0 spiro atoms. The molecule has 0 aromatic carbocycles. The van der Waals surface area contributed by atoms with Gasteiger partial charge in [-0.05, 0) is 49.7 Å². The van der Waals surface area contributed by atoms with Crippen molar-refractivity contribution < 1.29 is 13.2 Å². The van der Waals surface area contributed by atoms with Crippen molar-refractivity contribution in [3.63, 3.8) is 0 Å². The summed E-state index contributed by atoms with van der Waals surface area (Å²) < 4.78 is 29.0. The number of nitrogens with zero attached hydrogens (tertiary/aromatic N) is 5. The van der Waals surface area contributed by atoms with Crippen molar-refractivity contribution in [3.05, 3.63) is 36.5 Å². The van der Waals surface area contributed by atoms with Crippen molar-refractivity contribution in [1.82, 2.24) is 23.7 Å². The van der Waals surface area contributed by atoms with E-state index in [4.69, 9.17) is 0 Å². The summed E-state index contributed by atoms with van der Waals surface area (Å²) in [6.45, 7) is 6.85. The maximum atomic E-state index is 12.9. The molecule has 4 rings (SSSR count). The van der Waals surface area contributed by atoms with E-state index in [1.54, 1.807) is 33.5 Å². The van der Waals surface area contributed by atoms with Gasteiger partial charge in [0.05, 0.1) is 0 Å². The smallest absolute Gasteiger partial charge is 0.274 e. The fourth-order valence-electron chi connectivity index (χ4n) is 4.29. The first-order valence-electron chi connectivity index (χ1n) is 10.6. The number of amides is 1. The van der Waals surface area contributed by atoms with Crippen LogP contribution in [-0.4, -0.2) is 64.2 Å². The van der Waals surface area contributed by atoms with Gasteiger partial charge in [0.2, 0.25) is 10.0 Å². The molecule has 0 unspecified atom stereocenters. The highest BCUT2D eigenvalue weighted by Gasteiger charge is 2.29. The summed E-state index contributed by atoms with van der Waals surface area (Å²) in [7, 11) is -3.54. The van der Waals surface area contributed by atoms with E-state index in [9.17, 15) is 13.2 Å². The quantitative estimate of drug-likeness (QED) is 0.742.